The van der Waals surface area contributed by atoms with Crippen molar-refractivity contribution < 1.29 is 29.4 Å². The van der Waals surface area contributed by atoms with Gasteiger partial charge < -0.3 is 31.9 Å². The fraction of sp³-hybridized carbons (Fsp3) is 0.273. The van der Waals surface area contributed by atoms with E-state index in [0.29, 0.717) is 0 Å². The van der Waals surface area contributed by atoms with E-state index in [2.05, 4.69) is 16.0 Å². The average molecular weight is 442 g/mol. The lowest BCUT2D eigenvalue weighted by Crippen LogP contribution is -2.54. The van der Waals surface area contributed by atoms with E-state index in [0.717, 1.165) is 11.1 Å². The Balaban J connectivity index is 2.00. The number of phenols is 1. The number of nitrogens with two attached hydrogens (primary N) is 1. The molecule has 0 fully saturated rings. The third-order valence-electron chi connectivity index (χ3n) is 4.50. The summed E-state index contributed by atoms with van der Waals surface area (Å²) in [7, 11) is 0. The molecule has 0 saturated heterocycles. The van der Waals surface area contributed by atoms with Gasteiger partial charge in [-0.2, -0.15) is 0 Å². The highest BCUT2D eigenvalue weighted by atomic mass is 16.4. The minimum atomic E-state index is -1.21. The SMILES string of the molecule is NC(Cc1ccc(O)cc1)C(=O)NC(Cc1ccccc1)C(=O)NCC(=O)NCC(=O)O. The first kappa shape index (κ1) is 24.4. The second-order valence-corrected chi connectivity index (χ2v) is 7.12. The van der Waals surface area contributed by atoms with Gasteiger partial charge in [-0.05, 0) is 29.7 Å². The van der Waals surface area contributed by atoms with Gasteiger partial charge in [-0.3, -0.25) is 19.2 Å². The van der Waals surface area contributed by atoms with Crippen LogP contribution in [-0.4, -0.2) is 59.1 Å². The first-order valence-electron chi connectivity index (χ1n) is 9.88. The van der Waals surface area contributed by atoms with Crippen LogP contribution >= 0.6 is 0 Å². The predicted octanol–water partition coefficient (Wildman–Crippen LogP) is -0.693. The fourth-order valence-electron chi connectivity index (χ4n) is 2.84. The number of carboxylic acid groups (broad SMARTS) is 1. The third-order valence-corrected chi connectivity index (χ3v) is 4.50. The van der Waals surface area contributed by atoms with Crippen LogP contribution in [0.5, 0.6) is 5.75 Å². The number of benzene rings is 2. The molecule has 10 heteroatoms. The Morgan fingerprint density at radius 2 is 1.44 bits per heavy atom. The fourth-order valence-corrected chi connectivity index (χ4v) is 2.84. The molecule has 2 atom stereocenters. The lowest BCUT2D eigenvalue weighted by Gasteiger charge is -2.21. The number of rotatable bonds is 11. The molecular formula is C22H26N4O6. The first-order chi connectivity index (χ1) is 15.2. The van der Waals surface area contributed by atoms with Crippen LogP contribution in [-0.2, 0) is 32.0 Å². The highest BCUT2D eigenvalue weighted by molar-refractivity contribution is 5.92. The zero-order valence-corrected chi connectivity index (χ0v) is 17.3. The van der Waals surface area contributed by atoms with Crippen LogP contribution in [0.4, 0.5) is 0 Å². The van der Waals surface area contributed by atoms with Gasteiger partial charge in [0.15, 0.2) is 0 Å². The molecule has 0 bridgehead atoms. The molecule has 7 N–H and O–H groups in total. The van der Waals surface area contributed by atoms with Crippen LogP contribution in [0.15, 0.2) is 54.6 Å². The molecular weight excluding hydrogens is 416 g/mol. The maximum absolute atomic E-state index is 12.7. The monoisotopic (exact) mass is 442 g/mol. The highest BCUT2D eigenvalue weighted by Gasteiger charge is 2.24. The van der Waals surface area contributed by atoms with E-state index < -0.39 is 48.9 Å². The Bertz CT molecular complexity index is 933. The van der Waals surface area contributed by atoms with Gasteiger partial charge in [0.1, 0.15) is 18.3 Å². The van der Waals surface area contributed by atoms with Gasteiger partial charge in [0.2, 0.25) is 17.7 Å². The molecule has 3 amide bonds. The van der Waals surface area contributed by atoms with E-state index in [1.54, 1.807) is 36.4 Å². The summed E-state index contributed by atoms with van der Waals surface area (Å²) in [5, 5.41) is 25.1. The maximum Gasteiger partial charge on any atom is 0.322 e. The van der Waals surface area contributed by atoms with Gasteiger partial charge in [-0.1, -0.05) is 42.5 Å². The van der Waals surface area contributed by atoms with E-state index in [1.807, 2.05) is 6.07 Å². The van der Waals surface area contributed by atoms with Crippen molar-refractivity contribution in [2.45, 2.75) is 24.9 Å². The van der Waals surface area contributed by atoms with E-state index in [9.17, 15) is 24.3 Å². The molecule has 10 nitrogen and oxygen atoms in total. The number of hydrogen-bond donors (Lipinski definition) is 6. The van der Waals surface area contributed by atoms with Gasteiger partial charge >= 0.3 is 5.97 Å². The van der Waals surface area contributed by atoms with E-state index in [1.165, 1.54) is 12.1 Å². The number of amides is 3. The number of aromatic hydroxyl groups is 1. The predicted molar refractivity (Wildman–Crippen MR) is 116 cm³/mol. The lowest BCUT2D eigenvalue weighted by atomic mass is 10.0. The van der Waals surface area contributed by atoms with Gasteiger partial charge in [0, 0.05) is 6.42 Å². The van der Waals surface area contributed by atoms with Crippen LogP contribution in [0, 0.1) is 0 Å². The summed E-state index contributed by atoms with van der Waals surface area (Å²) in [6.07, 6.45) is 0.366. The quantitative estimate of drug-likeness (QED) is 0.267. The number of aliphatic carboxylic acids is 1. The summed E-state index contributed by atoms with van der Waals surface area (Å²) in [6.45, 7) is -1.00. The summed E-state index contributed by atoms with van der Waals surface area (Å²) in [5.74, 6) is -2.94. The van der Waals surface area contributed by atoms with Crippen molar-refractivity contribution in [2.75, 3.05) is 13.1 Å². The van der Waals surface area contributed by atoms with Crippen molar-refractivity contribution in [2.24, 2.45) is 5.73 Å². The normalized spacial score (nSPS) is 12.3. The van der Waals surface area contributed by atoms with E-state index in [4.69, 9.17) is 10.8 Å². The summed E-state index contributed by atoms with van der Waals surface area (Å²) in [6, 6.07) is 13.3. The summed E-state index contributed by atoms with van der Waals surface area (Å²) < 4.78 is 0. The molecule has 0 spiro atoms. The topological polar surface area (TPSA) is 171 Å². The van der Waals surface area contributed by atoms with Crippen LogP contribution in [0.1, 0.15) is 11.1 Å². The Kier molecular flexibility index (Phi) is 9.18. The zero-order valence-electron chi connectivity index (χ0n) is 17.3. The van der Waals surface area contributed by atoms with Crippen LogP contribution < -0.4 is 21.7 Å². The number of carbonyl (C=O) groups is 4. The number of hydrogen-bond acceptors (Lipinski definition) is 6. The molecule has 2 unspecified atom stereocenters. The Morgan fingerprint density at radius 1 is 0.812 bits per heavy atom. The molecule has 0 saturated carbocycles. The van der Waals surface area contributed by atoms with Gasteiger partial charge in [0.05, 0.1) is 12.6 Å². The number of carboxylic acids is 1. The molecule has 2 rings (SSSR count). The molecule has 0 aliphatic carbocycles. The van der Waals surface area contributed by atoms with E-state index >= 15 is 0 Å². The molecule has 170 valence electrons. The minimum absolute atomic E-state index is 0.0961. The summed E-state index contributed by atoms with van der Waals surface area (Å²) in [4.78, 5) is 47.5. The van der Waals surface area contributed by atoms with Gasteiger partial charge in [-0.15, -0.1) is 0 Å². The summed E-state index contributed by atoms with van der Waals surface area (Å²) >= 11 is 0. The highest BCUT2D eigenvalue weighted by Crippen LogP contribution is 2.11. The zero-order chi connectivity index (χ0) is 23.5. The molecule has 0 aliphatic rings. The third kappa shape index (κ3) is 8.44. The van der Waals surface area contributed by atoms with Crippen molar-refractivity contribution in [3.05, 3.63) is 65.7 Å². The molecule has 0 aliphatic heterocycles. The lowest BCUT2D eigenvalue weighted by molar-refractivity contribution is -0.138. The van der Waals surface area contributed by atoms with Gasteiger partial charge in [-0.25, -0.2) is 0 Å². The second kappa shape index (κ2) is 12.1. The Labute approximate surface area is 184 Å². The minimum Gasteiger partial charge on any atom is -0.508 e. The van der Waals surface area contributed by atoms with Crippen molar-refractivity contribution in [3.63, 3.8) is 0 Å². The second-order valence-electron chi connectivity index (χ2n) is 7.12. The van der Waals surface area contributed by atoms with Crippen molar-refractivity contribution in [3.8, 4) is 5.75 Å². The summed E-state index contributed by atoms with van der Waals surface area (Å²) in [5.41, 5.74) is 7.52. The number of nitrogens with one attached hydrogen (secondary N) is 3. The number of phenolic OH excluding ortho intramolecular Hbond substituents is 1. The first-order valence-corrected chi connectivity index (χ1v) is 9.88. The molecule has 32 heavy (non-hydrogen) atoms. The standard InChI is InChI=1S/C22H26N4O6/c23-17(10-15-6-8-16(27)9-7-15)21(31)26-18(11-14-4-2-1-3-5-14)22(32)25-12-19(28)24-13-20(29)30/h1-9,17-18,27H,10-13,23H2,(H,24,28)(H,25,32)(H,26,31)(H,29,30). The van der Waals surface area contributed by atoms with E-state index in [-0.39, 0.29) is 18.6 Å². The van der Waals surface area contributed by atoms with Crippen LogP contribution in [0.3, 0.4) is 0 Å². The maximum atomic E-state index is 12.7. The average Bonchev–Trinajstić information content (AvgIpc) is 2.77. The number of carbonyl (C=O) groups excluding carboxylic acids is 3. The van der Waals surface area contributed by atoms with Crippen LogP contribution in [0.25, 0.3) is 0 Å². The molecule has 0 aromatic heterocycles. The Morgan fingerprint density at radius 3 is 2.06 bits per heavy atom. The Hall–Kier alpha value is -3.92. The van der Waals surface area contributed by atoms with Crippen molar-refractivity contribution in [1.29, 1.82) is 0 Å². The molecule has 2 aromatic rings. The molecule has 0 heterocycles. The molecule has 2 aromatic carbocycles. The molecule has 0 radical (unpaired) electrons. The van der Waals surface area contributed by atoms with Crippen molar-refractivity contribution in [1.82, 2.24) is 16.0 Å². The van der Waals surface area contributed by atoms with Crippen molar-refractivity contribution >= 4 is 23.7 Å². The largest absolute Gasteiger partial charge is 0.508 e. The smallest absolute Gasteiger partial charge is 0.322 e. The van der Waals surface area contributed by atoms with Gasteiger partial charge in [0.25, 0.3) is 0 Å². The van der Waals surface area contributed by atoms with Crippen LogP contribution in [0.2, 0.25) is 0 Å².